The minimum absolute atomic E-state index is 0.360. The van der Waals surface area contributed by atoms with Crippen LogP contribution >= 0.6 is 0 Å². The molecule has 0 fully saturated rings. The molecule has 0 amide bonds. The van der Waals surface area contributed by atoms with Crippen LogP contribution in [0.2, 0.25) is 0 Å². The van der Waals surface area contributed by atoms with Crippen LogP contribution in [0.4, 0.5) is 0 Å². The molecule has 0 aliphatic carbocycles. The smallest absolute Gasteiger partial charge is 0.281 e. The van der Waals surface area contributed by atoms with Crippen LogP contribution in [-0.2, 0) is 0 Å². The Morgan fingerprint density at radius 3 is 2.87 bits per heavy atom. The Kier molecular flexibility index (Phi) is 2.21. The summed E-state index contributed by atoms with van der Waals surface area (Å²) in [5.41, 5.74) is 0.667. The van der Waals surface area contributed by atoms with Gasteiger partial charge in [-0.25, -0.2) is 0 Å². The Morgan fingerprint density at radius 2 is 2.33 bits per heavy atom. The van der Waals surface area contributed by atoms with Gasteiger partial charge in [0.1, 0.15) is 0 Å². The Hall–Kier alpha value is -2.17. The second-order valence-corrected chi connectivity index (χ2v) is 3.16. The van der Waals surface area contributed by atoms with Crippen LogP contribution in [0.15, 0.2) is 35.4 Å². The third kappa shape index (κ3) is 1.71. The molecule has 2 heterocycles. The van der Waals surface area contributed by atoms with E-state index in [-0.39, 0.29) is 5.56 Å². The molecular weight excluding hydrogens is 194 g/mol. The second-order valence-electron chi connectivity index (χ2n) is 3.16. The van der Waals surface area contributed by atoms with Crippen LogP contribution in [0.3, 0.4) is 0 Å². The lowest BCUT2D eigenvalue weighted by Crippen LogP contribution is -2.24. The summed E-state index contributed by atoms with van der Waals surface area (Å²) in [6.07, 6.45) is 2.99. The third-order valence-electron chi connectivity index (χ3n) is 1.96. The van der Waals surface area contributed by atoms with Crippen molar-refractivity contribution in [1.82, 2.24) is 14.8 Å². The Labute approximate surface area is 85.4 Å². The molecule has 2 aromatic rings. The molecule has 0 saturated heterocycles. The van der Waals surface area contributed by atoms with Gasteiger partial charge in [-0.15, -0.1) is 0 Å². The molecule has 0 saturated carbocycles. The van der Waals surface area contributed by atoms with Gasteiger partial charge in [0.05, 0.1) is 5.56 Å². The molecule has 0 spiro atoms. The summed E-state index contributed by atoms with van der Waals surface area (Å²) >= 11 is 0. The zero-order valence-corrected chi connectivity index (χ0v) is 8.10. The van der Waals surface area contributed by atoms with Crippen molar-refractivity contribution < 1.29 is 4.79 Å². The minimum atomic E-state index is -0.402. The largest absolute Gasteiger partial charge is 0.293 e. The summed E-state index contributed by atoms with van der Waals surface area (Å²) < 4.78 is 0.965. The zero-order chi connectivity index (χ0) is 10.8. The number of nitrogens with one attached hydrogen (secondary N) is 1. The topological polar surface area (TPSA) is 67.8 Å². The van der Waals surface area contributed by atoms with E-state index in [2.05, 4.69) is 10.1 Å². The van der Waals surface area contributed by atoms with Gasteiger partial charge in [0.2, 0.25) is 0 Å². The first-order valence-electron chi connectivity index (χ1n) is 4.42. The van der Waals surface area contributed by atoms with Crippen LogP contribution in [-0.4, -0.2) is 20.7 Å². The van der Waals surface area contributed by atoms with Crippen molar-refractivity contribution in [3.05, 3.63) is 52.2 Å². The van der Waals surface area contributed by atoms with E-state index in [0.717, 1.165) is 4.68 Å². The molecule has 0 unspecified atom stereocenters. The maximum absolute atomic E-state index is 11.8. The fraction of sp³-hybridized carbons (Fsp3) is 0.100. The summed E-state index contributed by atoms with van der Waals surface area (Å²) in [5.74, 6) is -0.402. The van der Waals surface area contributed by atoms with E-state index in [4.69, 9.17) is 0 Å². The van der Waals surface area contributed by atoms with Gasteiger partial charge < -0.3 is 0 Å². The molecule has 5 nitrogen and oxygen atoms in total. The SMILES string of the molecule is Cc1cc(=O)n(C(=O)c2cccnc2)[nH]1. The van der Waals surface area contributed by atoms with E-state index in [1.54, 1.807) is 25.3 Å². The number of pyridine rings is 1. The highest BCUT2D eigenvalue weighted by Gasteiger charge is 2.11. The molecule has 15 heavy (non-hydrogen) atoms. The highest BCUT2D eigenvalue weighted by atomic mass is 16.2. The van der Waals surface area contributed by atoms with Crippen molar-refractivity contribution in [3.8, 4) is 0 Å². The number of hydrogen-bond donors (Lipinski definition) is 1. The molecule has 0 aromatic carbocycles. The molecule has 0 radical (unpaired) electrons. The van der Waals surface area contributed by atoms with E-state index in [0.29, 0.717) is 11.3 Å². The molecular formula is C10H9N3O2. The second kappa shape index (κ2) is 3.53. The normalized spacial score (nSPS) is 10.2. The molecule has 0 bridgehead atoms. The first-order chi connectivity index (χ1) is 7.18. The molecule has 1 N–H and O–H groups in total. The van der Waals surface area contributed by atoms with Gasteiger partial charge in [-0.2, -0.15) is 4.68 Å². The lowest BCUT2D eigenvalue weighted by molar-refractivity contribution is 0.0940. The number of aryl methyl sites for hydroxylation is 1. The monoisotopic (exact) mass is 203 g/mol. The molecule has 5 heteroatoms. The van der Waals surface area contributed by atoms with Crippen LogP contribution in [0, 0.1) is 6.92 Å². The fourth-order valence-corrected chi connectivity index (χ4v) is 1.28. The van der Waals surface area contributed by atoms with E-state index in [1.807, 2.05) is 0 Å². The number of aromatic nitrogens is 3. The van der Waals surface area contributed by atoms with Crippen molar-refractivity contribution in [2.24, 2.45) is 0 Å². The predicted octanol–water partition coefficient (Wildman–Crippen LogP) is 0.568. The zero-order valence-electron chi connectivity index (χ0n) is 8.10. The van der Waals surface area contributed by atoms with Gasteiger partial charge in [-0.1, -0.05) is 0 Å². The summed E-state index contributed by atoms with van der Waals surface area (Å²) in [6, 6.07) is 4.63. The number of carbonyl (C=O) groups is 1. The summed E-state index contributed by atoms with van der Waals surface area (Å²) in [5, 5.41) is 2.67. The fourth-order valence-electron chi connectivity index (χ4n) is 1.28. The van der Waals surface area contributed by atoms with Gasteiger partial charge in [0, 0.05) is 24.2 Å². The first-order valence-corrected chi connectivity index (χ1v) is 4.42. The third-order valence-corrected chi connectivity index (χ3v) is 1.96. The van der Waals surface area contributed by atoms with E-state index < -0.39 is 5.91 Å². The molecule has 2 rings (SSSR count). The van der Waals surface area contributed by atoms with Crippen molar-refractivity contribution in [3.63, 3.8) is 0 Å². The summed E-state index contributed by atoms with van der Waals surface area (Å²) in [7, 11) is 0. The average Bonchev–Trinajstić information content (AvgIpc) is 2.58. The number of rotatable bonds is 1. The van der Waals surface area contributed by atoms with Gasteiger partial charge in [0.15, 0.2) is 0 Å². The van der Waals surface area contributed by atoms with E-state index in [9.17, 15) is 9.59 Å². The number of hydrogen-bond acceptors (Lipinski definition) is 3. The molecule has 76 valence electrons. The molecule has 0 atom stereocenters. The Morgan fingerprint density at radius 1 is 1.53 bits per heavy atom. The Bertz CT molecular complexity index is 539. The molecule has 2 aromatic heterocycles. The molecule has 0 aliphatic heterocycles. The van der Waals surface area contributed by atoms with Gasteiger partial charge in [0.25, 0.3) is 11.5 Å². The standard InChI is InChI=1S/C10H9N3O2/c1-7-5-9(14)13(12-7)10(15)8-3-2-4-11-6-8/h2-6,12H,1H3. The van der Waals surface area contributed by atoms with Crippen molar-refractivity contribution >= 4 is 5.91 Å². The van der Waals surface area contributed by atoms with Gasteiger partial charge in [-0.05, 0) is 19.1 Å². The number of carbonyl (C=O) groups excluding carboxylic acids is 1. The summed E-state index contributed by atoms with van der Waals surface area (Å²) in [6.45, 7) is 1.72. The predicted molar refractivity (Wildman–Crippen MR) is 53.8 cm³/mol. The van der Waals surface area contributed by atoms with Crippen LogP contribution in [0.25, 0.3) is 0 Å². The highest BCUT2D eigenvalue weighted by Crippen LogP contribution is 1.98. The van der Waals surface area contributed by atoms with Crippen LogP contribution in [0.5, 0.6) is 0 Å². The van der Waals surface area contributed by atoms with Crippen molar-refractivity contribution in [2.75, 3.05) is 0 Å². The maximum atomic E-state index is 11.8. The Balaban J connectivity index is 2.46. The van der Waals surface area contributed by atoms with Crippen molar-refractivity contribution in [1.29, 1.82) is 0 Å². The lowest BCUT2D eigenvalue weighted by Gasteiger charge is -1.99. The van der Waals surface area contributed by atoms with Gasteiger partial charge in [-0.3, -0.25) is 19.7 Å². The lowest BCUT2D eigenvalue weighted by atomic mass is 10.3. The highest BCUT2D eigenvalue weighted by molar-refractivity contribution is 5.94. The summed E-state index contributed by atoms with van der Waals surface area (Å²) in [4.78, 5) is 26.9. The van der Waals surface area contributed by atoms with E-state index in [1.165, 1.54) is 12.3 Å². The van der Waals surface area contributed by atoms with Crippen molar-refractivity contribution in [2.45, 2.75) is 6.92 Å². The number of H-pyrrole nitrogens is 1. The van der Waals surface area contributed by atoms with E-state index >= 15 is 0 Å². The number of nitrogens with zero attached hydrogens (tertiary/aromatic N) is 2. The maximum Gasteiger partial charge on any atom is 0.281 e. The minimum Gasteiger partial charge on any atom is -0.293 e. The molecule has 0 aliphatic rings. The first kappa shape index (κ1) is 9.39. The van der Waals surface area contributed by atoms with Crippen LogP contribution in [0.1, 0.15) is 16.1 Å². The van der Waals surface area contributed by atoms with Crippen LogP contribution < -0.4 is 5.56 Å². The van der Waals surface area contributed by atoms with Gasteiger partial charge >= 0.3 is 0 Å². The number of aromatic amines is 1. The average molecular weight is 203 g/mol. The quantitative estimate of drug-likeness (QED) is 0.736.